The van der Waals surface area contributed by atoms with E-state index in [-0.39, 0.29) is 6.03 Å². The van der Waals surface area contributed by atoms with Gasteiger partial charge in [-0.15, -0.1) is 0 Å². The largest absolute Gasteiger partial charge is 0.332 e. The molecule has 1 N–H and O–H groups in total. The number of nitrogens with one attached hydrogen (secondary N) is 1. The highest BCUT2D eigenvalue weighted by molar-refractivity contribution is 5.74. The molecule has 0 aromatic carbocycles. The van der Waals surface area contributed by atoms with Crippen molar-refractivity contribution < 1.29 is 4.79 Å². The normalized spacial score (nSPS) is 16.4. The van der Waals surface area contributed by atoms with Gasteiger partial charge in [-0.3, -0.25) is 4.98 Å². The Hall–Kier alpha value is -1.58. The first-order valence-electron chi connectivity index (χ1n) is 6.09. The lowest BCUT2D eigenvalue weighted by atomic mass is 10.2. The average Bonchev–Trinajstić information content (AvgIpc) is 3.19. The van der Waals surface area contributed by atoms with Gasteiger partial charge in [0.2, 0.25) is 0 Å². The van der Waals surface area contributed by atoms with Crippen LogP contribution in [0.5, 0.6) is 0 Å². The van der Waals surface area contributed by atoms with Gasteiger partial charge in [0.25, 0.3) is 0 Å². The number of amides is 2. The molecule has 0 bridgehead atoms. The fraction of sp³-hybridized carbons (Fsp3) is 0.538. The van der Waals surface area contributed by atoms with E-state index in [1.54, 1.807) is 11.1 Å². The first-order valence-corrected chi connectivity index (χ1v) is 6.09. The summed E-state index contributed by atoms with van der Waals surface area (Å²) in [5.41, 5.74) is 0.883. The van der Waals surface area contributed by atoms with Crippen molar-refractivity contribution in [1.82, 2.24) is 15.2 Å². The number of hydrogen-bond donors (Lipinski definition) is 1. The predicted molar refractivity (Wildman–Crippen MR) is 66.4 cm³/mol. The SMILES string of the molecule is CC(C1CC1)N(C)C(=O)NCc1ccccn1. The topological polar surface area (TPSA) is 45.2 Å². The molecule has 0 radical (unpaired) electrons. The fourth-order valence-electron chi connectivity index (χ4n) is 1.87. The molecular weight excluding hydrogens is 214 g/mol. The van der Waals surface area contributed by atoms with E-state index < -0.39 is 0 Å². The lowest BCUT2D eigenvalue weighted by Crippen LogP contribution is -2.43. The molecule has 17 heavy (non-hydrogen) atoms. The molecule has 1 saturated carbocycles. The van der Waals surface area contributed by atoms with Gasteiger partial charge in [0.1, 0.15) is 0 Å². The maximum atomic E-state index is 11.9. The zero-order valence-electron chi connectivity index (χ0n) is 10.4. The van der Waals surface area contributed by atoms with E-state index in [9.17, 15) is 4.79 Å². The van der Waals surface area contributed by atoms with Crippen molar-refractivity contribution in [3.05, 3.63) is 30.1 Å². The third-order valence-electron chi connectivity index (χ3n) is 3.38. The second-order valence-corrected chi connectivity index (χ2v) is 4.67. The highest BCUT2D eigenvalue weighted by Gasteiger charge is 2.32. The molecule has 0 spiro atoms. The van der Waals surface area contributed by atoms with Gasteiger partial charge in [-0.2, -0.15) is 0 Å². The van der Waals surface area contributed by atoms with Crippen molar-refractivity contribution in [3.8, 4) is 0 Å². The molecule has 1 heterocycles. The molecule has 2 rings (SSSR count). The number of hydrogen-bond acceptors (Lipinski definition) is 2. The maximum Gasteiger partial charge on any atom is 0.317 e. The second-order valence-electron chi connectivity index (χ2n) is 4.67. The number of nitrogens with zero attached hydrogens (tertiary/aromatic N) is 2. The van der Waals surface area contributed by atoms with Crippen LogP contribution in [0.15, 0.2) is 24.4 Å². The molecule has 1 atom stereocenters. The number of pyridine rings is 1. The van der Waals surface area contributed by atoms with E-state index in [0.29, 0.717) is 18.5 Å². The summed E-state index contributed by atoms with van der Waals surface area (Å²) in [4.78, 5) is 17.8. The molecule has 1 aromatic rings. The minimum atomic E-state index is -0.0185. The molecule has 4 heteroatoms. The fourth-order valence-corrected chi connectivity index (χ4v) is 1.87. The van der Waals surface area contributed by atoms with Crippen LogP contribution in [0, 0.1) is 5.92 Å². The molecule has 1 aliphatic rings. The van der Waals surface area contributed by atoms with Crippen molar-refractivity contribution in [2.45, 2.75) is 32.4 Å². The molecule has 4 nitrogen and oxygen atoms in total. The van der Waals surface area contributed by atoms with Gasteiger partial charge < -0.3 is 10.2 Å². The Labute approximate surface area is 102 Å². The monoisotopic (exact) mass is 233 g/mol. The maximum absolute atomic E-state index is 11.9. The molecule has 92 valence electrons. The van der Waals surface area contributed by atoms with E-state index in [0.717, 1.165) is 5.69 Å². The van der Waals surface area contributed by atoms with E-state index in [1.165, 1.54) is 12.8 Å². The zero-order chi connectivity index (χ0) is 12.3. The molecule has 1 aromatic heterocycles. The standard InChI is InChI=1S/C13H19N3O/c1-10(11-6-7-11)16(2)13(17)15-9-12-5-3-4-8-14-12/h3-5,8,10-11H,6-7,9H2,1-2H3,(H,15,17). The molecule has 2 amide bonds. The van der Waals surface area contributed by atoms with Gasteiger partial charge in [-0.25, -0.2) is 4.79 Å². The summed E-state index contributed by atoms with van der Waals surface area (Å²) in [5, 5.41) is 2.89. The summed E-state index contributed by atoms with van der Waals surface area (Å²) in [6, 6.07) is 6.01. The summed E-state index contributed by atoms with van der Waals surface area (Å²) >= 11 is 0. The summed E-state index contributed by atoms with van der Waals surface area (Å²) in [5.74, 6) is 0.695. The Morgan fingerprint density at radius 3 is 2.94 bits per heavy atom. The summed E-state index contributed by atoms with van der Waals surface area (Å²) in [6.07, 6.45) is 4.23. The smallest absolute Gasteiger partial charge is 0.317 e. The molecule has 0 saturated heterocycles. The Kier molecular flexibility index (Phi) is 3.61. The van der Waals surface area contributed by atoms with Crippen LogP contribution < -0.4 is 5.32 Å². The van der Waals surface area contributed by atoms with E-state index in [2.05, 4.69) is 17.2 Å². The highest BCUT2D eigenvalue weighted by atomic mass is 16.2. The molecule has 1 unspecified atom stereocenters. The van der Waals surface area contributed by atoms with Gasteiger partial charge in [0.05, 0.1) is 12.2 Å². The van der Waals surface area contributed by atoms with Gasteiger partial charge in [0, 0.05) is 19.3 Å². The lowest BCUT2D eigenvalue weighted by Gasteiger charge is -2.25. The summed E-state index contributed by atoms with van der Waals surface area (Å²) in [6.45, 7) is 2.60. The molecule has 1 fully saturated rings. The van der Waals surface area contributed by atoms with E-state index >= 15 is 0 Å². The van der Waals surface area contributed by atoms with Gasteiger partial charge in [-0.05, 0) is 37.8 Å². The summed E-state index contributed by atoms with van der Waals surface area (Å²) < 4.78 is 0. The van der Waals surface area contributed by atoms with Crippen molar-refractivity contribution in [2.24, 2.45) is 5.92 Å². The zero-order valence-corrected chi connectivity index (χ0v) is 10.4. The van der Waals surface area contributed by atoms with Gasteiger partial charge in [-0.1, -0.05) is 6.07 Å². The Morgan fingerprint density at radius 1 is 1.59 bits per heavy atom. The third kappa shape index (κ3) is 3.19. The average molecular weight is 233 g/mol. The van der Waals surface area contributed by atoms with Crippen LogP contribution in [0.2, 0.25) is 0 Å². The van der Waals surface area contributed by atoms with Crippen molar-refractivity contribution in [2.75, 3.05) is 7.05 Å². The van der Waals surface area contributed by atoms with E-state index in [4.69, 9.17) is 0 Å². The van der Waals surface area contributed by atoms with Crippen LogP contribution in [-0.2, 0) is 6.54 Å². The van der Waals surface area contributed by atoms with Gasteiger partial charge in [0.15, 0.2) is 0 Å². The minimum absolute atomic E-state index is 0.0185. The number of urea groups is 1. The second kappa shape index (κ2) is 5.17. The highest BCUT2D eigenvalue weighted by Crippen LogP contribution is 2.34. The van der Waals surface area contributed by atoms with Crippen molar-refractivity contribution in [1.29, 1.82) is 0 Å². The van der Waals surface area contributed by atoms with Crippen LogP contribution in [0.4, 0.5) is 4.79 Å². The Bertz CT molecular complexity index is 376. The molecule has 1 aliphatic carbocycles. The van der Waals surface area contributed by atoms with Crippen LogP contribution >= 0.6 is 0 Å². The number of aromatic nitrogens is 1. The van der Waals surface area contributed by atoms with E-state index in [1.807, 2.05) is 25.2 Å². The predicted octanol–water partition coefficient (Wildman–Crippen LogP) is 2.02. The number of rotatable bonds is 4. The lowest BCUT2D eigenvalue weighted by molar-refractivity contribution is 0.187. The van der Waals surface area contributed by atoms with Crippen molar-refractivity contribution in [3.63, 3.8) is 0 Å². The third-order valence-corrected chi connectivity index (χ3v) is 3.38. The Balaban J connectivity index is 1.80. The first-order chi connectivity index (χ1) is 8.18. The minimum Gasteiger partial charge on any atom is -0.332 e. The Morgan fingerprint density at radius 2 is 2.35 bits per heavy atom. The quantitative estimate of drug-likeness (QED) is 0.864. The van der Waals surface area contributed by atoms with Crippen LogP contribution in [0.25, 0.3) is 0 Å². The first kappa shape index (κ1) is 11.9. The van der Waals surface area contributed by atoms with Crippen LogP contribution in [-0.4, -0.2) is 29.0 Å². The van der Waals surface area contributed by atoms with Crippen molar-refractivity contribution >= 4 is 6.03 Å². The van der Waals surface area contributed by atoms with Gasteiger partial charge >= 0.3 is 6.03 Å². The molecule has 0 aliphatic heterocycles. The van der Waals surface area contributed by atoms with Crippen LogP contribution in [0.3, 0.4) is 0 Å². The number of carbonyl (C=O) groups is 1. The molecular formula is C13H19N3O. The summed E-state index contributed by atoms with van der Waals surface area (Å²) in [7, 11) is 1.86. The van der Waals surface area contributed by atoms with Crippen LogP contribution in [0.1, 0.15) is 25.5 Å². The number of carbonyl (C=O) groups excluding carboxylic acids is 1.